The molecule has 0 radical (unpaired) electrons. The second-order valence-electron chi connectivity index (χ2n) is 2.73. The summed E-state index contributed by atoms with van der Waals surface area (Å²) in [6, 6.07) is 9.71. The Labute approximate surface area is 98.0 Å². The van der Waals surface area contributed by atoms with Crippen molar-refractivity contribution >= 4 is 49.3 Å². The van der Waals surface area contributed by atoms with E-state index >= 15 is 0 Å². The van der Waals surface area contributed by atoms with Crippen LogP contribution in [-0.2, 0) is 0 Å². The van der Waals surface area contributed by atoms with E-state index in [4.69, 9.17) is 0 Å². The summed E-state index contributed by atoms with van der Waals surface area (Å²) >= 11 is 5.56. The van der Waals surface area contributed by atoms with Crippen molar-refractivity contribution in [3.63, 3.8) is 0 Å². The summed E-state index contributed by atoms with van der Waals surface area (Å²) in [5.41, 5.74) is 0. The molecule has 0 unspecified atom stereocenters. The second kappa shape index (κ2) is 3.46. The normalized spacial score (nSPS) is 10.6. The topological polar surface area (TPSA) is 20.2 Å². The third-order valence-corrected chi connectivity index (χ3v) is 3.49. The number of rotatable bonds is 0. The lowest BCUT2D eigenvalue weighted by atomic mass is 10.1. The molecule has 0 saturated carbocycles. The first-order valence-electron chi connectivity index (χ1n) is 3.76. The number of aromatic hydroxyl groups is 1. The van der Waals surface area contributed by atoms with Crippen LogP contribution in [0, 0.1) is 3.57 Å². The highest BCUT2D eigenvalue weighted by molar-refractivity contribution is 14.1. The Balaban J connectivity index is 2.94. The molecule has 0 fully saturated rings. The first-order chi connectivity index (χ1) is 6.20. The summed E-state index contributed by atoms with van der Waals surface area (Å²) in [6.45, 7) is 0. The van der Waals surface area contributed by atoms with Crippen molar-refractivity contribution < 1.29 is 5.11 Å². The van der Waals surface area contributed by atoms with E-state index in [-0.39, 0.29) is 0 Å². The van der Waals surface area contributed by atoms with Crippen molar-refractivity contribution in [3.05, 3.63) is 38.4 Å². The third-order valence-electron chi connectivity index (χ3n) is 1.93. The molecule has 0 amide bonds. The molecule has 0 atom stereocenters. The van der Waals surface area contributed by atoms with Crippen LogP contribution in [0.5, 0.6) is 5.75 Å². The number of hydrogen-bond acceptors (Lipinski definition) is 1. The molecule has 2 aromatic rings. The van der Waals surface area contributed by atoms with Gasteiger partial charge in [0.2, 0.25) is 0 Å². The molecule has 1 N–H and O–H groups in total. The van der Waals surface area contributed by atoms with Crippen LogP contribution >= 0.6 is 38.5 Å². The SMILES string of the molecule is Oc1c(I)ccc2c(Br)cccc12. The molecule has 0 aromatic heterocycles. The van der Waals surface area contributed by atoms with Gasteiger partial charge in [-0.1, -0.05) is 34.1 Å². The van der Waals surface area contributed by atoms with Gasteiger partial charge in [-0.05, 0) is 40.1 Å². The third kappa shape index (κ3) is 1.55. The molecule has 0 spiro atoms. The zero-order valence-corrected chi connectivity index (χ0v) is 10.3. The zero-order chi connectivity index (χ0) is 9.42. The number of phenolic OH excluding ortho intramolecular Hbond substituents is 1. The maximum Gasteiger partial charge on any atom is 0.136 e. The Kier molecular flexibility index (Phi) is 2.47. The highest BCUT2D eigenvalue weighted by atomic mass is 127. The molecular formula is C10H6BrIO. The van der Waals surface area contributed by atoms with Crippen LogP contribution in [0.1, 0.15) is 0 Å². The molecule has 2 rings (SSSR count). The lowest BCUT2D eigenvalue weighted by Crippen LogP contribution is -1.78. The Bertz CT molecular complexity index is 468. The predicted octanol–water partition coefficient (Wildman–Crippen LogP) is 3.91. The first kappa shape index (κ1) is 9.27. The molecular weight excluding hydrogens is 343 g/mol. The molecule has 0 aliphatic carbocycles. The summed E-state index contributed by atoms with van der Waals surface area (Å²) in [6.07, 6.45) is 0. The number of phenols is 1. The number of fused-ring (bicyclic) bond motifs is 1. The van der Waals surface area contributed by atoms with E-state index in [1.165, 1.54) is 0 Å². The number of halogens is 2. The monoisotopic (exact) mass is 348 g/mol. The quantitative estimate of drug-likeness (QED) is 0.715. The van der Waals surface area contributed by atoms with E-state index in [9.17, 15) is 5.11 Å². The minimum Gasteiger partial charge on any atom is -0.506 e. The van der Waals surface area contributed by atoms with E-state index in [0.29, 0.717) is 5.75 Å². The van der Waals surface area contributed by atoms with Gasteiger partial charge in [-0.15, -0.1) is 0 Å². The van der Waals surface area contributed by atoms with Crippen molar-refractivity contribution in [1.82, 2.24) is 0 Å². The van der Waals surface area contributed by atoms with Gasteiger partial charge in [-0.3, -0.25) is 0 Å². The summed E-state index contributed by atoms with van der Waals surface area (Å²) in [5, 5.41) is 11.7. The molecule has 1 nitrogen and oxygen atoms in total. The maximum atomic E-state index is 9.75. The van der Waals surface area contributed by atoms with Crippen LogP contribution in [0.3, 0.4) is 0 Å². The average Bonchev–Trinajstić information content (AvgIpc) is 2.12. The van der Waals surface area contributed by atoms with Gasteiger partial charge in [0, 0.05) is 9.86 Å². The highest BCUT2D eigenvalue weighted by Crippen LogP contribution is 2.33. The smallest absolute Gasteiger partial charge is 0.136 e. The largest absolute Gasteiger partial charge is 0.506 e. The average molecular weight is 349 g/mol. The van der Waals surface area contributed by atoms with Crippen molar-refractivity contribution in [2.75, 3.05) is 0 Å². The van der Waals surface area contributed by atoms with Crippen molar-refractivity contribution in [3.8, 4) is 5.75 Å². The number of hydrogen-bond donors (Lipinski definition) is 1. The molecule has 0 aliphatic rings. The van der Waals surface area contributed by atoms with Gasteiger partial charge in [0.15, 0.2) is 0 Å². The van der Waals surface area contributed by atoms with Crippen molar-refractivity contribution in [2.24, 2.45) is 0 Å². The van der Waals surface area contributed by atoms with Crippen LogP contribution < -0.4 is 0 Å². The summed E-state index contributed by atoms with van der Waals surface area (Å²) in [7, 11) is 0. The summed E-state index contributed by atoms with van der Waals surface area (Å²) in [5.74, 6) is 0.361. The molecule has 0 bridgehead atoms. The van der Waals surface area contributed by atoms with Gasteiger partial charge in [0.25, 0.3) is 0 Å². The highest BCUT2D eigenvalue weighted by Gasteiger charge is 2.04. The maximum absolute atomic E-state index is 9.75. The second-order valence-corrected chi connectivity index (χ2v) is 4.75. The minimum absolute atomic E-state index is 0.361. The van der Waals surface area contributed by atoms with Gasteiger partial charge in [0.1, 0.15) is 5.75 Å². The van der Waals surface area contributed by atoms with E-state index in [1.54, 1.807) is 0 Å². The summed E-state index contributed by atoms with van der Waals surface area (Å²) in [4.78, 5) is 0. The van der Waals surface area contributed by atoms with Crippen LogP contribution in [0.15, 0.2) is 34.8 Å². The van der Waals surface area contributed by atoms with E-state index in [2.05, 4.69) is 38.5 Å². The Morgan fingerprint density at radius 2 is 1.85 bits per heavy atom. The van der Waals surface area contributed by atoms with Crippen LogP contribution in [0.25, 0.3) is 10.8 Å². The molecule has 3 heteroatoms. The van der Waals surface area contributed by atoms with Gasteiger partial charge >= 0.3 is 0 Å². The van der Waals surface area contributed by atoms with Crippen LogP contribution in [0.2, 0.25) is 0 Å². The fourth-order valence-corrected chi connectivity index (χ4v) is 2.25. The molecule has 0 aliphatic heterocycles. The first-order valence-corrected chi connectivity index (χ1v) is 5.63. The van der Waals surface area contributed by atoms with Crippen LogP contribution in [-0.4, -0.2) is 5.11 Å². The van der Waals surface area contributed by atoms with E-state index in [1.807, 2.05) is 30.3 Å². The van der Waals surface area contributed by atoms with Crippen LogP contribution in [0.4, 0.5) is 0 Å². The minimum atomic E-state index is 0.361. The number of benzene rings is 2. The standard InChI is InChI=1S/C10H6BrIO/c11-8-3-1-2-7-6(8)4-5-9(12)10(7)13/h1-5,13H. The lowest BCUT2D eigenvalue weighted by Gasteiger charge is -2.04. The fraction of sp³-hybridized carbons (Fsp3) is 0. The Hall–Kier alpha value is -0.290. The van der Waals surface area contributed by atoms with Gasteiger partial charge in [-0.25, -0.2) is 0 Å². The molecule has 66 valence electrons. The Morgan fingerprint density at radius 3 is 2.62 bits per heavy atom. The fourth-order valence-electron chi connectivity index (χ4n) is 1.28. The molecule has 2 aromatic carbocycles. The van der Waals surface area contributed by atoms with Gasteiger partial charge in [-0.2, -0.15) is 0 Å². The van der Waals surface area contributed by atoms with Crippen molar-refractivity contribution in [2.45, 2.75) is 0 Å². The lowest BCUT2D eigenvalue weighted by molar-refractivity contribution is 0.478. The van der Waals surface area contributed by atoms with E-state index < -0.39 is 0 Å². The van der Waals surface area contributed by atoms with Crippen molar-refractivity contribution in [1.29, 1.82) is 0 Å². The predicted molar refractivity (Wildman–Crippen MR) is 66.0 cm³/mol. The Morgan fingerprint density at radius 1 is 1.08 bits per heavy atom. The van der Waals surface area contributed by atoms with Gasteiger partial charge < -0.3 is 5.11 Å². The summed E-state index contributed by atoms with van der Waals surface area (Å²) < 4.78 is 1.89. The zero-order valence-electron chi connectivity index (χ0n) is 6.59. The molecule has 0 heterocycles. The van der Waals surface area contributed by atoms with Gasteiger partial charge in [0.05, 0.1) is 3.57 Å². The molecule has 0 saturated heterocycles. The van der Waals surface area contributed by atoms with E-state index in [0.717, 1.165) is 18.8 Å². The molecule has 13 heavy (non-hydrogen) atoms.